The fourth-order valence-electron chi connectivity index (χ4n) is 3.36. The third-order valence-corrected chi connectivity index (χ3v) is 4.53. The van der Waals surface area contributed by atoms with E-state index in [0.717, 1.165) is 24.2 Å². The number of aromatic amines is 1. The highest BCUT2D eigenvalue weighted by molar-refractivity contribution is 5.86. The van der Waals surface area contributed by atoms with Crippen molar-refractivity contribution >= 4 is 16.8 Å². The predicted molar refractivity (Wildman–Crippen MR) is 91.7 cm³/mol. The molecule has 1 aliphatic heterocycles. The Kier molecular flexibility index (Phi) is 4.86. The second-order valence-electron chi connectivity index (χ2n) is 6.21. The van der Waals surface area contributed by atoms with Gasteiger partial charge < -0.3 is 15.0 Å². The Hall–Kier alpha value is -2.01. The van der Waals surface area contributed by atoms with Gasteiger partial charge in [-0.25, -0.2) is 0 Å². The molecule has 0 saturated carbocycles. The normalized spacial score (nSPS) is 15.2. The lowest BCUT2D eigenvalue weighted by molar-refractivity contribution is -0.118. The van der Waals surface area contributed by atoms with Gasteiger partial charge in [0.05, 0.1) is 7.11 Å². The number of amides is 1. The van der Waals surface area contributed by atoms with Crippen LogP contribution in [-0.4, -0.2) is 42.5 Å². The summed E-state index contributed by atoms with van der Waals surface area (Å²) >= 11 is 0. The fraction of sp³-hybridized carbons (Fsp3) is 0.500. The molecule has 23 heavy (non-hydrogen) atoms. The Morgan fingerprint density at radius 1 is 1.35 bits per heavy atom. The van der Waals surface area contributed by atoms with E-state index in [1.54, 1.807) is 14.0 Å². The van der Waals surface area contributed by atoms with Gasteiger partial charge in [-0.15, -0.1) is 0 Å². The molecule has 0 unspecified atom stereocenters. The minimum Gasteiger partial charge on any atom is -0.497 e. The number of ether oxygens (including phenoxy) is 1. The van der Waals surface area contributed by atoms with Crippen molar-refractivity contribution in [3.63, 3.8) is 0 Å². The lowest BCUT2D eigenvalue weighted by atomic mass is 10.1. The first-order valence-corrected chi connectivity index (χ1v) is 8.31. The molecule has 1 amide bonds. The van der Waals surface area contributed by atoms with Crippen molar-refractivity contribution in [3.05, 3.63) is 29.5 Å². The van der Waals surface area contributed by atoms with Gasteiger partial charge in [-0.05, 0) is 56.1 Å². The molecule has 5 heteroatoms. The number of hydrogen-bond acceptors (Lipinski definition) is 3. The zero-order valence-corrected chi connectivity index (χ0v) is 13.9. The third kappa shape index (κ3) is 3.67. The van der Waals surface area contributed by atoms with E-state index < -0.39 is 0 Å². The van der Waals surface area contributed by atoms with Gasteiger partial charge in [-0.2, -0.15) is 0 Å². The molecule has 1 aliphatic rings. The number of benzene rings is 1. The second-order valence-corrected chi connectivity index (χ2v) is 6.21. The van der Waals surface area contributed by atoms with Crippen molar-refractivity contribution in [2.45, 2.75) is 32.7 Å². The maximum absolute atomic E-state index is 11.2. The van der Waals surface area contributed by atoms with E-state index in [-0.39, 0.29) is 5.91 Å². The third-order valence-electron chi connectivity index (χ3n) is 4.53. The van der Waals surface area contributed by atoms with Crippen LogP contribution in [0.5, 0.6) is 5.75 Å². The van der Waals surface area contributed by atoms with E-state index >= 15 is 0 Å². The number of nitrogens with zero attached hydrogens (tertiary/aromatic N) is 1. The Morgan fingerprint density at radius 3 is 2.83 bits per heavy atom. The highest BCUT2D eigenvalue weighted by Crippen LogP contribution is 2.28. The Bertz CT molecular complexity index is 687. The van der Waals surface area contributed by atoms with E-state index in [9.17, 15) is 4.79 Å². The van der Waals surface area contributed by atoms with Crippen LogP contribution in [0.25, 0.3) is 10.9 Å². The SMILES string of the molecule is COc1ccc2[nH]c(CN3CCCC3)c(CCNC(C)=O)c2c1. The number of likely N-dealkylation sites (tertiary alicyclic amines) is 1. The zero-order valence-electron chi connectivity index (χ0n) is 13.9. The fourth-order valence-corrected chi connectivity index (χ4v) is 3.36. The van der Waals surface area contributed by atoms with Crippen molar-refractivity contribution in [1.29, 1.82) is 0 Å². The summed E-state index contributed by atoms with van der Waals surface area (Å²) in [5, 5.41) is 4.10. The minimum atomic E-state index is 0.0171. The molecule has 0 bridgehead atoms. The van der Waals surface area contributed by atoms with E-state index in [1.807, 2.05) is 6.07 Å². The largest absolute Gasteiger partial charge is 0.497 e. The Morgan fingerprint density at radius 2 is 2.13 bits per heavy atom. The molecule has 124 valence electrons. The van der Waals surface area contributed by atoms with Crippen LogP contribution in [0.2, 0.25) is 0 Å². The van der Waals surface area contributed by atoms with Crippen LogP contribution in [0.3, 0.4) is 0 Å². The molecule has 3 rings (SSSR count). The molecule has 0 radical (unpaired) electrons. The number of nitrogens with one attached hydrogen (secondary N) is 2. The predicted octanol–water partition coefficient (Wildman–Crippen LogP) is 2.45. The molecular weight excluding hydrogens is 290 g/mol. The number of H-pyrrole nitrogens is 1. The molecule has 1 aromatic carbocycles. The maximum atomic E-state index is 11.2. The molecule has 1 fully saturated rings. The molecule has 0 aliphatic carbocycles. The van der Waals surface area contributed by atoms with Crippen molar-refractivity contribution in [3.8, 4) is 5.75 Å². The number of carbonyl (C=O) groups excluding carboxylic acids is 1. The lowest BCUT2D eigenvalue weighted by Gasteiger charge is -2.15. The quantitative estimate of drug-likeness (QED) is 0.861. The first-order valence-electron chi connectivity index (χ1n) is 8.31. The smallest absolute Gasteiger partial charge is 0.216 e. The van der Waals surface area contributed by atoms with Gasteiger partial charge in [-0.1, -0.05) is 0 Å². The summed E-state index contributed by atoms with van der Waals surface area (Å²) in [6.45, 7) is 5.51. The highest BCUT2D eigenvalue weighted by atomic mass is 16.5. The molecule has 1 aromatic heterocycles. The van der Waals surface area contributed by atoms with Gasteiger partial charge in [-0.3, -0.25) is 9.69 Å². The molecule has 2 aromatic rings. The summed E-state index contributed by atoms with van der Waals surface area (Å²) in [5.41, 5.74) is 3.69. The van der Waals surface area contributed by atoms with Crippen LogP contribution in [-0.2, 0) is 17.8 Å². The minimum absolute atomic E-state index is 0.0171. The lowest BCUT2D eigenvalue weighted by Crippen LogP contribution is -2.23. The molecule has 0 atom stereocenters. The highest BCUT2D eigenvalue weighted by Gasteiger charge is 2.17. The van der Waals surface area contributed by atoms with Crippen LogP contribution in [0.4, 0.5) is 0 Å². The summed E-state index contributed by atoms with van der Waals surface area (Å²) in [6, 6.07) is 6.14. The summed E-state index contributed by atoms with van der Waals surface area (Å²) in [5.74, 6) is 0.883. The average Bonchev–Trinajstić information content (AvgIpc) is 3.15. The molecule has 5 nitrogen and oxygen atoms in total. The van der Waals surface area contributed by atoms with Gasteiger partial charge in [0.2, 0.25) is 5.91 Å². The van der Waals surface area contributed by atoms with Crippen LogP contribution in [0, 0.1) is 0 Å². The monoisotopic (exact) mass is 315 g/mol. The molecule has 2 N–H and O–H groups in total. The number of aromatic nitrogens is 1. The van der Waals surface area contributed by atoms with Gasteiger partial charge in [0.1, 0.15) is 5.75 Å². The van der Waals surface area contributed by atoms with Crippen LogP contribution in [0.1, 0.15) is 31.0 Å². The van der Waals surface area contributed by atoms with E-state index in [4.69, 9.17) is 4.74 Å². The number of fused-ring (bicyclic) bond motifs is 1. The first kappa shape index (κ1) is 15.9. The average molecular weight is 315 g/mol. The molecule has 2 heterocycles. The van der Waals surface area contributed by atoms with Crippen molar-refractivity contribution in [1.82, 2.24) is 15.2 Å². The standard InChI is InChI=1S/C18H25N3O2/c1-13(22)19-8-7-15-16-11-14(23-2)5-6-17(16)20-18(15)12-21-9-3-4-10-21/h5-6,11,20H,3-4,7-10,12H2,1-2H3,(H,19,22). The van der Waals surface area contributed by atoms with Crippen LogP contribution in [0.15, 0.2) is 18.2 Å². The van der Waals surface area contributed by atoms with E-state index in [0.29, 0.717) is 6.54 Å². The number of rotatable bonds is 6. The van der Waals surface area contributed by atoms with Crippen molar-refractivity contribution in [2.75, 3.05) is 26.7 Å². The summed E-state index contributed by atoms with van der Waals surface area (Å²) in [7, 11) is 1.69. The van der Waals surface area contributed by atoms with E-state index in [1.165, 1.54) is 42.6 Å². The molecule has 0 spiro atoms. The van der Waals surface area contributed by atoms with Gasteiger partial charge in [0, 0.05) is 36.6 Å². The Labute approximate surface area is 137 Å². The van der Waals surface area contributed by atoms with Gasteiger partial charge >= 0.3 is 0 Å². The number of carbonyl (C=O) groups is 1. The van der Waals surface area contributed by atoms with Crippen LogP contribution >= 0.6 is 0 Å². The maximum Gasteiger partial charge on any atom is 0.216 e. The van der Waals surface area contributed by atoms with E-state index in [2.05, 4.69) is 27.3 Å². The summed E-state index contributed by atoms with van der Waals surface area (Å²) in [4.78, 5) is 17.2. The Balaban J connectivity index is 1.90. The summed E-state index contributed by atoms with van der Waals surface area (Å²) in [6.07, 6.45) is 3.40. The zero-order chi connectivity index (χ0) is 16.2. The topological polar surface area (TPSA) is 57.4 Å². The molecule has 1 saturated heterocycles. The first-order chi connectivity index (χ1) is 11.2. The van der Waals surface area contributed by atoms with Gasteiger partial charge in [0.15, 0.2) is 0 Å². The molecular formula is C18H25N3O2. The van der Waals surface area contributed by atoms with Crippen molar-refractivity contribution in [2.24, 2.45) is 0 Å². The second kappa shape index (κ2) is 7.04. The number of methoxy groups -OCH3 is 1. The number of hydrogen-bond donors (Lipinski definition) is 2. The van der Waals surface area contributed by atoms with Crippen LogP contribution < -0.4 is 10.1 Å². The van der Waals surface area contributed by atoms with Gasteiger partial charge in [0.25, 0.3) is 0 Å². The van der Waals surface area contributed by atoms with Crippen molar-refractivity contribution < 1.29 is 9.53 Å². The summed E-state index contributed by atoms with van der Waals surface area (Å²) < 4.78 is 5.37.